The molecule has 0 saturated carbocycles. The lowest BCUT2D eigenvalue weighted by Crippen LogP contribution is -2.38. The quantitative estimate of drug-likeness (QED) is 0.788. The van der Waals surface area contributed by atoms with Crippen LogP contribution in [0.5, 0.6) is 5.75 Å². The Morgan fingerprint density at radius 3 is 2.71 bits per heavy atom. The van der Waals surface area contributed by atoms with Crippen molar-refractivity contribution >= 4 is 43.2 Å². The fraction of sp³-hybridized carbons (Fsp3) is 0.143. The molecule has 0 amide bonds. The van der Waals surface area contributed by atoms with Gasteiger partial charge in [0, 0.05) is 5.02 Å². The predicted molar refractivity (Wildman–Crippen MR) is 85.6 cm³/mol. The highest BCUT2D eigenvalue weighted by Gasteiger charge is 2.31. The number of halogens is 2. The highest BCUT2D eigenvalue weighted by Crippen LogP contribution is 2.40. The van der Waals surface area contributed by atoms with Gasteiger partial charge in [-0.05, 0) is 46.3 Å². The zero-order chi connectivity index (χ0) is 15.0. The van der Waals surface area contributed by atoms with Crippen molar-refractivity contribution in [2.24, 2.45) is 0 Å². The molecule has 1 heterocycles. The summed E-state index contributed by atoms with van der Waals surface area (Å²) in [6.45, 7) is 0.563. The number of para-hydroxylation sites is 1. The van der Waals surface area contributed by atoms with Crippen molar-refractivity contribution < 1.29 is 13.2 Å². The van der Waals surface area contributed by atoms with Crippen molar-refractivity contribution in [3.05, 3.63) is 52.0 Å². The Balaban J connectivity index is 2.12. The fourth-order valence-electron chi connectivity index (χ4n) is 2.19. The minimum absolute atomic E-state index is 0.169. The molecule has 3 rings (SSSR count). The Morgan fingerprint density at radius 2 is 1.95 bits per heavy atom. The third-order valence-electron chi connectivity index (χ3n) is 3.14. The van der Waals surface area contributed by atoms with E-state index in [9.17, 15) is 8.42 Å². The topological polar surface area (TPSA) is 46.6 Å². The summed E-state index contributed by atoms with van der Waals surface area (Å²) in [6, 6.07) is 11.6. The van der Waals surface area contributed by atoms with E-state index in [0.29, 0.717) is 23.1 Å². The Labute approximate surface area is 136 Å². The lowest BCUT2D eigenvalue weighted by Gasteiger charge is -2.31. The summed E-state index contributed by atoms with van der Waals surface area (Å²) < 4.78 is 33.3. The first-order chi connectivity index (χ1) is 10.00. The van der Waals surface area contributed by atoms with Gasteiger partial charge in [-0.3, -0.25) is 4.31 Å². The lowest BCUT2D eigenvalue weighted by molar-refractivity contribution is 0.314. The smallest absolute Gasteiger partial charge is 0.264 e. The second-order valence-corrected chi connectivity index (χ2v) is 7.62. The summed E-state index contributed by atoms with van der Waals surface area (Å²) >= 11 is 9.28. The zero-order valence-electron chi connectivity index (χ0n) is 10.8. The van der Waals surface area contributed by atoms with Crippen LogP contribution in [-0.2, 0) is 10.0 Å². The standard InChI is InChI=1S/C14H11BrClNO3S/c15-12-5-2-6-13-14(12)20-8-7-17(13)21(18,19)11-4-1-3-10(16)9-11/h1-6,9H,7-8H2. The molecule has 0 unspecified atom stereocenters. The predicted octanol–water partition coefficient (Wildman–Crippen LogP) is 3.69. The number of nitrogens with zero attached hydrogens (tertiary/aromatic N) is 1. The molecular weight excluding hydrogens is 378 g/mol. The van der Waals surface area contributed by atoms with Crippen LogP contribution in [0.3, 0.4) is 0 Å². The molecule has 21 heavy (non-hydrogen) atoms. The molecule has 0 saturated heterocycles. The number of hydrogen-bond acceptors (Lipinski definition) is 3. The summed E-state index contributed by atoms with van der Waals surface area (Å²) in [5.41, 5.74) is 0.524. The summed E-state index contributed by atoms with van der Waals surface area (Å²) in [4.78, 5) is 0.169. The molecule has 1 aliphatic heterocycles. The van der Waals surface area contributed by atoms with Crippen LogP contribution < -0.4 is 9.04 Å². The fourth-order valence-corrected chi connectivity index (χ4v) is 4.42. The number of anilines is 1. The second-order valence-electron chi connectivity index (χ2n) is 4.47. The molecule has 0 fully saturated rings. The second kappa shape index (κ2) is 5.51. The molecule has 0 radical (unpaired) electrons. The zero-order valence-corrected chi connectivity index (χ0v) is 14.0. The summed E-state index contributed by atoms with van der Waals surface area (Å²) in [6.07, 6.45) is 0. The van der Waals surface area contributed by atoms with E-state index in [0.717, 1.165) is 4.47 Å². The number of hydrogen-bond donors (Lipinski definition) is 0. The van der Waals surface area contributed by atoms with Crippen molar-refractivity contribution in [1.82, 2.24) is 0 Å². The van der Waals surface area contributed by atoms with Crippen LogP contribution in [0.15, 0.2) is 51.8 Å². The van der Waals surface area contributed by atoms with Gasteiger partial charge in [0.15, 0.2) is 5.75 Å². The van der Waals surface area contributed by atoms with Crippen LogP contribution >= 0.6 is 27.5 Å². The Hall–Kier alpha value is -1.24. The number of ether oxygens (including phenoxy) is 1. The van der Waals surface area contributed by atoms with Crippen molar-refractivity contribution in [3.8, 4) is 5.75 Å². The molecule has 0 bridgehead atoms. The maximum absolute atomic E-state index is 12.8. The molecule has 0 atom stereocenters. The summed E-state index contributed by atoms with van der Waals surface area (Å²) in [5, 5.41) is 0.388. The highest BCUT2D eigenvalue weighted by molar-refractivity contribution is 9.10. The van der Waals surface area contributed by atoms with Crippen molar-refractivity contribution in [2.45, 2.75) is 4.90 Å². The van der Waals surface area contributed by atoms with E-state index < -0.39 is 10.0 Å². The molecule has 1 aliphatic rings. The van der Waals surface area contributed by atoms with E-state index in [1.165, 1.54) is 16.4 Å². The van der Waals surface area contributed by atoms with Crippen LogP contribution in [-0.4, -0.2) is 21.6 Å². The van der Waals surface area contributed by atoms with Crippen LogP contribution in [0, 0.1) is 0 Å². The van der Waals surface area contributed by atoms with Gasteiger partial charge in [0.2, 0.25) is 0 Å². The van der Waals surface area contributed by atoms with Gasteiger partial charge in [-0.1, -0.05) is 23.7 Å². The van der Waals surface area contributed by atoms with E-state index >= 15 is 0 Å². The van der Waals surface area contributed by atoms with Crippen LogP contribution in [0.1, 0.15) is 0 Å². The summed E-state index contributed by atoms with van der Waals surface area (Å²) in [5.74, 6) is 0.536. The van der Waals surface area contributed by atoms with Crippen LogP contribution in [0.4, 0.5) is 5.69 Å². The number of rotatable bonds is 2. The van der Waals surface area contributed by atoms with E-state index in [4.69, 9.17) is 16.3 Å². The van der Waals surface area contributed by atoms with E-state index in [1.54, 1.807) is 24.3 Å². The van der Waals surface area contributed by atoms with Gasteiger partial charge < -0.3 is 4.74 Å². The third kappa shape index (κ3) is 2.63. The van der Waals surface area contributed by atoms with E-state index in [1.807, 2.05) is 6.07 Å². The molecule has 110 valence electrons. The summed E-state index contributed by atoms with van der Waals surface area (Å²) in [7, 11) is -3.67. The van der Waals surface area contributed by atoms with Crippen LogP contribution in [0.25, 0.3) is 0 Å². The molecular formula is C14H11BrClNO3S. The van der Waals surface area contributed by atoms with Gasteiger partial charge in [-0.25, -0.2) is 8.42 Å². The van der Waals surface area contributed by atoms with Gasteiger partial charge in [0.25, 0.3) is 10.0 Å². The van der Waals surface area contributed by atoms with Gasteiger partial charge in [-0.2, -0.15) is 0 Å². The minimum atomic E-state index is -3.67. The molecule has 0 aliphatic carbocycles. The Kier molecular flexibility index (Phi) is 3.86. The third-order valence-corrected chi connectivity index (χ3v) is 5.81. The van der Waals surface area contributed by atoms with Crippen molar-refractivity contribution in [2.75, 3.05) is 17.5 Å². The lowest BCUT2D eigenvalue weighted by atomic mass is 10.2. The van der Waals surface area contributed by atoms with Crippen molar-refractivity contribution in [3.63, 3.8) is 0 Å². The first kappa shape index (κ1) is 14.7. The van der Waals surface area contributed by atoms with Gasteiger partial charge in [0.05, 0.1) is 21.6 Å². The van der Waals surface area contributed by atoms with Gasteiger partial charge >= 0.3 is 0 Å². The number of benzene rings is 2. The minimum Gasteiger partial charge on any atom is -0.488 e. The Bertz CT molecular complexity index is 795. The molecule has 4 nitrogen and oxygen atoms in total. The van der Waals surface area contributed by atoms with Gasteiger partial charge in [0.1, 0.15) is 6.61 Å². The monoisotopic (exact) mass is 387 g/mol. The maximum Gasteiger partial charge on any atom is 0.264 e. The number of sulfonamides is 1. The average Bonchev–Trinajstić information content (AvgIpc) is 2.47. The number of fused-ring (bicyclic) bond motifs is 1. The van der Waals surface area contributed by atoms with Crippen LogP contribution in [0.2, 0.25) is 5.02 Å². The molecule has 2 aromatic carbocycles. The molecule has 0 spiro atoms. The first-order valence-electron chi connectivity index (χ1n) is 6.20. The molecule has 0 aromatic heterocycles. The van der Waals surface area contributed by atoms with E-state index in [-0.39, 0.29) is 11.4 Å². The molecule has 2 aromatic rings. The molecule has 7 heteroatoms. The average molecular weight is 389 g/mol. The van der Waals surface area contributed by atoms with E-state index in [2.05, 4.69) is 15.9 Å². The van der Waals surface area contributed by atoms with Gasteiger partial charge in [-0.15, -0.1) is 0 Å². The highest BCUT2D eigenvalue weighted by atomic mass is 79.9. The Morgan fingerprint density at radius 1 is 1.19 bits per heavy atom. The van der Waals surface area contributed by atoms with Crippen molar-refractivity contribution in [1.29, 1.82) is 0 Å². The maximum atomic E-state index is 12.8. The normalized spacial score (nSPS) is 14.5. The largest absolute Gasteiger partial charge is 0.488 e. The SMILES string of the molecule is O=S(=O)(c1cccc(Cl)c1)N1CCOc2c(Br)cccc21. The first-order valence-corrected chi connectivity index (χ1v) is 8.81. The molecule has 0 N–H and O–H groups in total.